The van der Waals surface area contributed by atoms with Gasteiger partial charge >= 0.3 is 7.12 Å². The van der Waals surface area contributed by atoms with Crippen LogP contribution in [0.4, 0.5) is 0 Å². The SMILES string of the molecule is Cc1ncc(B2OC(C)(C)C(C)(C)O2)cc1CN. The van der Waals surface area contributed by atoms with Crippen molar-refractivity contribution in [2.75, 3.05) is 0 Å². The van der Waals surface area contributed by atoms with E-state index in [1.54, 1.807) is 6.20 Å². The molecule has 0 aliphatic carbocycles. The van der Waals surface area contributed by atoms with Crippen LogP contribution in [-0.4, -0.2) is 23.3 Å². The number of aromatic nitrogens is 1. The molecule has 2 rings (SSSR count). The summed E-state index contributed by atoms with van der Waals surface area (Å²) in [6, 6.07) is 2.02. The summed E-state index contributed by atoms with van der Waals surface area (Å²) >= 11 is 0. The van der Waals surface area contributed by atoms with E-state index in [2.05, 4.69) is 4.98 Å². The zero-order chi connectivity index (χ0) is 13.6. The van der Waals surface area contributed by atoms with Gasteiger partial charge in [0.2, 0.25) is 0 Å². The van der Waals surface area contributed by atoms with Crippen LogP contribution in [0.3, 0.4) is 0 Å². The molecule has 4 nitrogen and oxygen atoms in total. The Morgan fingerprint density at radius 1 is 1.22 bits per heavy atom. The molecule has 0 bridgehead atoms. The fourth-order valence-corrected chi connectivity index (χ4v) is 1.91. The second kappa shape index (κ2) is 4.33. The number of hydrogen-bond donors (Lipinski definition) is 1. The van der Waals surface area contributed by atoms with E-state index in [1.807, 2.05) is 40.7 Å². The van der Waals surface area contributed by atoms with Gasteiger partial charge in [-0.1, -0.05) is 6.07 Å². The van der Waals surface area contributed by atoms with Gasteiger partial charge in [0, 0.05) is 23.9 Å². The minimum atomic E-state index is -0.367. The van der Waals surface area contributed by atoms with Crippen molar-refractivity contribution < 1.29 is 9.31 Å². The molecule has 2 N–H and O–H groups in total. The monoisotopic (exact) mass is 248 g/mol. The van der Waals surface area contributed by atoms with Crippen LogP contribution >= 0.6 is 0 Å². The van der Waals surface area contributed by atoms with Gasteiger partial charge in [-0.2, -0.15) is 0 Å². The molecule has 5 heteroatoms. The van der Waals surface area contributed by atoms with E-state index in [0.717, 1.165) is 16.7 Å². The number of nitrogens with zero attached hydrogens (tertiary/aromatic N) is 1. The van der Waals surface area contributed by atoms with Crippen molar-refractivity contribution in [1.29, 1.82) is 0 Å². The first kappa shape index (κ1) is 13.5. The van der Waals surface area contributed by atoms with Crippen molar-refractivity contribution in [3.63, 3.8) is 0 Å². The van der Waals surface area contributed by atoms with E-state index in [0.29, 0.717) is 6.54 Å². The van der Waals surface area contributed by atoms with E-state index in [-0.39, 0.29) is 18.3 Å². The van der Waals surface area contributed by atoms with Crippen LogP contribution in [0.15, 0.2) is 12.3 Å². The minimum Gasteiger partial charge on any atom is -0.399 e. The van der Waals surface area contributed by atoms with Gasteiger partial charge in [0.05, 0.1) is 11.2 Å². The average molecular weight is 248 g/mol. The van der Waals surface area contributed by atoms with Crippen molar-refractivity contribution in [3.8, 4) is 0 Å². The molecule has 0 saturated carbocycles. The first-order valence-corrected chi connectivity index (χ1v) is 6.28. The Morgan fingerprint density at radius 3 is 2.28 bits per heavy atom. The zero-order valence-corrected chi connectivity index (χ0v) is 11.8. The van der Waals surface area contributed by atoms with E-state index >= 15 is 0 Å². The molecule has 1 aliphatic heterocycles. The van der Waals surface area contributed by atoms with Crippen molar-refractivity contribution >= 4 is 12.6 Å². The fraction of sp³-hybridized carbons (Fsp3) is 0.615. The van der Waals surface area contributed by atoms with Gasteiger partial charge in [0.1, 0.15) is 0 Å². The molecule has 0 atom stereocenters. The van der Waals surface area contributed by atoms with Gasteiger partial charge in [0.25, 0.3) is 0 Å². The summed E-state index contributed by atoms with van der Waals surface area (Å²) in [5, 5.41) is 0. The first-order valence-electron chi connectivity index (χ1n) is 6.28. The molecule has 0 radical (unpaired) electrons. The van der Waals surface area contributed by atoms with Crippen LogP contribution in [0.2, 0.25) is 0 Å². The highest BCUT2D eigenvalue weighted by Crippen LogP contribution is 2.36. The molecule has 0 unspecified atom stereocenters. The van der Waals surface area contributed by atoms with Crippen molar-refractivity contribution in [3.05, 3.63) is 23.5 Å². The summed E-state index contributed by atoms with van der Waals surface area (Å²) in [6.07, 6.45) is 1.80. The molecule has 18 heavy (non-hydrogen) atoms. The Labute approximate surface area is 109 Å². The molecular formula is C13H21BN2O2. The first-order chi connectivity index (χ1) is 8.27. The number of rotatable bonds is 2. The number of nitrogens with two attached hydrogens (primary N) is 1. The Bertz CT molecular complexity index is 444. The Morgan fingerprint density at radius 2 is 1.78 bits per heavy atom. The van der Waals surface area contributed by atoms with Crippen LogP contribution in [0.1, 0.15) is 39.0 Å². The lowest BCUT2D eigenvalue weighted by Crippen LogP contribution is -2.41. The number of pyridine rings is 1. The number of aryl methyl sites for hydroxylation is 1. The van der Waals surface area contributed by atoms with E-state index in [1.165, 1.54) is 0 Å². The topological polar surface area (TPSA) is 57.4 Å². The van der Waals surface area contributed by atoms with Gasteiger partial charge in [-0.25, -0.2) is 0 Å². The Kier molecular flexibility index (Phi) is 3.26. The van der Waals surface area contributed by atoms with Gasteiger partial charge in [-0.05, 0) is 40.2 Å². The molecule has 1 aliphatic rings. The maximum Gasteiger partial charge on any atom is 0.496 e. The van der Waals surface area contributed by atoms with Crippen LogP contribution in [0.25, 0.3) is 0 Å². The summed E-state index contributed by atoms with van der Waals surface area (Å²) in [6.45, 7) is 10.6. The summed E-state index contributed by atoms with van der Waals surface area (Å²) < 4.78 is 12.0. The van der Waals surface area contributed by atoms with E-state index < -0.39 is 0 Å². The second-order valence-electron chi connectivity index (χ2n) is 5.81. The van der Waals surface area contributed by atoms with Crippen LogP contribution in [0.5, 0.6) is 0 Å². The zero-order valence-electron chi connectivity index (χ0n) is 11.8. The molecule has 1 aromatic heterocycles. The fourth-order valence-electron chi connectivity index (χ4n) is 1.91. The lowest BCUT2D eigenvalue weighted by Gasteiger charge is -2.32. The Balaban J connectivity index is 2.30. The van der Waals surface area contributed by atoms with Crippen molar-refractivity contribution in [2.24, 2.45) is 5.73 Å². The summed E-state index contributed by atoms with van der Waals surface area (Å²) in [4.78, 5) is 4.35. The summed E-state index contributed by atoms with van der Waals surface area (Å²) in [5.41, 5.74) is 7.96. The third-order valence-electron chi connectivity index (χ3n) is 3.96. The summed E-state index contributed by atoms with van der Waals surface area (Å²) in [5.74, 6) is 0. The predicted octanol–water partition coefficient (Wildman–Crippen LogP) is 1.15. The third kappa shape index (κ3) is 2.18. The molecule has 98 valence electrons. The van der Waals surface area contributed by atoms with Crippen molar-refractivity contribution in [2.45, 2.75) is 52.4 Å². The lowest BCUT2D eigenvalue weighted by atomic mass is 9.79. The lowest BCUT2D eigenvalue weighted by molar-refractivity contribution is 0.00578. The van der Waals surface area contributed by atoms with Crippen LogP contribution < -0.4 is 11.2 Å². The Hall–Kier alpha value is -0.905. The third-order valence-corrected chi connectivity index (χ3v) is 3.96. The van der Waals surface area contributed by atoms with E-state index in [4.69, 9.17) is 15.0 Å². The van der Waals surface area contributed by atoms with Crippen LogP contribution in [-0.2, 0) is 15.9 Å². The largest absolute Gasteiger partial charge is 0.496 e. The smallest absolute Gasteiger partial charge is 0.399 e. The minimum absolute atomic E-state index is 0.328. The van der Waals surface area contributed by atoms with Crippen molar-refractivity contribution in [1.82, 2.24) is 4.98 Å². The highest BCUT2D eigenvalue weighted by Gasteiger charge is 2.51. The molecule has 0 spiro atoms. The standard InChI is InChI=1S/C13H21BN2O2/c1-9-10(7-15)6-11(8-16-9)14-17-12(2,3)13(4,5)18-14/h6,8H,7,15H2,1-5H3. The highest BCUT2D eigenvalue weighted by atomic mass is 16.7. The molecule has 2 heterocycles. The normalized spacial score (nSPS) is 21.3. The molecule has 0 aromatic carbocycles. The second-order valence-corrected chi connectivity index (χ2v) is 5.81. The highest BCUT2D eigenvalue weighted by molar-refractivity contribution is 6.62. The van der Waals surface area contributed by atoms with E-state index in [9.17, 15) is 0 Å². The predicted molar refractivity (Wildman–Crippen MR) is 72.6 cm³/mol. The summed E-state index contributed by atoms with van der Waals surface area (Å²) in [7, 11) is -0.367. The molecule has 0 amide bonds. The molecule has 1 aromatic rings. The molecule has 1 saturated heterocycles. The van der Waals surface area contributed by atoms with Gasteiger partial charge in [0.15, 0.2) is 0 Å². The van der Waals surface area contributed by atoms with Gasteiger partial charge in [-0.15, -0.1) is 0 Å². The van der Waals surface area contributed by atoms with Gasteiger partial charge in [-0.3, -0.25) is 4.98 Å². The quantitative estimate of drug-likeness (QED) is 0.797. The average Bonchev–Trinajstić information content (AvgIpc) is 2.49. The maximum atomic E-state index is 5.99. The number of hydrogen-bond acceptors (Lipinski definition) is 4. The van der Waals surface area contributed by atoms with Crippen LogP contribution in [0, 0.1) is 6.92 Å². The van der Waals surface area contributed by atoms with Gasteiger partial charge < -0.3 is 15.0 Å². The maximum absolute atomic E-state index is 5.99. The molecular weight excluding hydrogens is 227 g/mol. The molecule has 1 fully saturated rings.